The van der Waals surface area contributed by atoms with Crippen LogP contribution in [0.3, 0.4) is 0 Å². The molecule has 21 N–H and O–H groups in total. The number of imidazole rings is 2. The largest absolute Gasteiger partial charge is 0.494 e. The fourth-order valence-corrected chi connectivity index (χ4v) is 16.7. The molecule has 1 unspecified atom stereocenters. The summed E-state index contributed by atoms with van der Waals surface area (Å²) < 4.78 is 74.6. The van der Waals surface area contributed by atoms with Crippen LogP contribution in [0.5, 0.6) is 11.5 Å². The second-order valence-corrected chi connectivity index (χ2v) is 33.0. The number of nitrogens with two attached hydrogens (primary N) is 1. The molecule has 5 atom stereocenters. The zero-order valence-corrected chi connectivity index (χ0v) is 72.5. The summed E-state index contributed by atoms with van der Waals surface area (Å²) in [6.45, 7) is 6.26. The highest BCUT2D eigenvalue weighted by Crippen LogP contribution is 2.29. The normalized spacial score (nSPS) is 12.6. The van der Waals surface area contributed by atoms with Gasteiger partial charge in [-0.15, -0.1) is 0 Å². The van der Waals surface area contributed by atoms with Gasteiger partial charge in [-0.1, -0.05) is 6.42 Å². The van der Waals surface area contributed by atoms with Gasteiger partial charge in [-0.2, -0.15) is 19.6 Å². The van der Waals surface area contributed by atoms with E-state index in [4.69, 9.17) is 15.2 Å². The zero-order chi connectivity index (χ0) is 93.0. The van der Waals surface area contributed by atoms with Crippen molar-refractivity contribution in [1.29, 1.82) is 0 Å². The summed E-state index contributed by atoms with van der Waals surface area (Å²) in [4.78, 5) is 182. The highest BCUT2D eigenvalue weighted by molar-refractivity contribution is 7.90. The molecule has 4 aromatic carbocycles. The Kier molecular flexibility index (Phi) is 38.4. The highest BCUT2D eigenvalue weighted by Gasteiger charge is 2.34. The Morgan fingerprint density at radius 2 is 0.828 bits per heavy atom. The van der Waals surface area contributed by atoms with Gasteiger partial charge in [0.1, 0.15) is 41.7 Å². The van der Waals surface area contributed by atoms with Gasteiger partial charge in [0, 0.05) is 138 Å². The van der Waals surface area contributed by atoms with Crippen LogP contribution in [0, 0.1) is 27.7 Å². The summed E-state index contributed by atoms with van der Waals surface area (Å²) in [5, 5.41) is 78.2. The van der Waals surface area contributed by atoms with Crippen molar-refractivity contribution in [3.05, 3.63) is 131 Å². The van der Waals surface area contributed by atoms with Crippen molar-refractivity contribution in [3.8, 4) is 11.5 Å². The molecule has 8 rings (SSSR count). The van der Waals surface area contributed by atoms with Gasteiger partial charge in [0.25, 0.3) is 11.8 Å². The molecule has 692 valence electrons. The minimum atomic E-state index is -4.54. The Morgan fingerprint density at radius 1 is 0.438 bits per heavy atom. The molecule has 0 saturated heterocycles. The number of carboxylic acid groups (broad SMARTS) is 4. The molecule has 4 heterocycles. The van der Waals surface area contributed by atoms with Gasteiger partial charge in [-0.05, 0) is 162 Å². The molecule has 45 nitrogen and oxygen atoms in total. The lowest BCUT2D eigenvalue weighted by Crippen LogP contribution is -2.57. The van der Waals surface area contributed by atoms with Gasteiger partial charge in [-0.3, -0.25) is 71.7 Å². The molecule has 0 saturated carbocycles. The lowest BCUT2D eigenvalue weighted by molar-refractivity contribution is -0.140. The van der Waals surface area contributed by atoms with E-state index in [0.717, 1.165) is 11.0 Å². The van der Waals surface area contributed by atoms with Crippen molar-refractivity contribution in [2.24, 2.45) is 5.73 Å². The third-order valence-corrected chi connectivity index (χ3v) is 23.2. The third kappa shape index (κ3) is 31.8. The van der Waals surface area contributed by atoms with E-state index in [1.807, 2.05) is 0 Å². The Morgan fingerprint density at radius 3 is 1.23 bits per heavy atom. The molecule has 9 amide bonds. The van der Waals surface area contributed by atoms with Gasteiger partial charge in [0.05, 0.1) is 59.5 Å². The Balaban J connectivity index is 0.785. The molecule has 4 aromatic heterocycles. The SMILES string of the molecule is Cc1cc(OCCCC(=O)NCCNC(=O)CCC(NC(=O)[C@H](CCC(=O)O)NC(=O)[C@@H](CCC(=O)O)NC(=O)CCCCCN)C(=O)NCCNC(=O)CCCOc2cc(C)c(S(=O)(=O)N[C@H](CNC(=O)c3ccc4c(cnn4CCNc4ncc[nH]4)c3)C(=O)O)c(C)c2)cc(C)c1S(=O)(=O)N[C@@H](CNC(=O)c1ccc2c(cnn2CCNc2ncc[nH]2)c1)C(=O)O. The van der Waals surface area contributed by atoms with Crippen molar-refractivity contribution in [2.75, 3.05) is 82.8 Å². The van der Waals surface area contributed by atoms with Gasteiger partial charge in [0.2, 0.25) is 61.4 Å². The number of aromatic amines is 2. The summed E-state index contributed by atoms with van der Waals surface area (Å²) in [5.74, 6) is -10.8. The number of amides is 9. The van der Waals surface area contributed by atoms with Crippen molar-refractivity contribution < 1.29 is 109 Å². The van der Waals surface area contributed by atoms with Gasteiger partial charge in [0.15, 0.2) is 11.9 Å². The lowest BCUT2D eigenvalue weighted by atomic mass is 10.1. The van der Waals surface area contributed by atoms with Crippen LogP contribution in [0.15, 0.2) is 108 Å². The standard InChI is InChI=1S/C81H108N22O23S2/c1-48-38-56(39-49(2)71(48)127(121,122)100-61(78(117)118)46-93-73(112)52-13-18-63-54(42-52)44-95-102(63)34-32-91-80-87-28-29-88-80)125-36-8-11-65(104)83-24-25-85-67(106)20-15-58(98-77(116)60(17-22-70(110)111)99-76(115)59(16-21-69(108)109)97-68(107)10-6-5-7-23-82)75(114)86-27-26-84-66(105)12-9-37-126-57-40-50(3)72(51(4)41-57)128(123,124)101-62(79(119)120)47-94-74(113)53-14-19-64-55(43-53)45-96-103(64)35-33-92-81-89-30-31-90-81/h13-14,18-19,28-31,38-45,58-62,100-101H,5-12,15-17,20-27,32-37,46-47,82H2,1-4H3,(H,83,104)(H,84,105)(H,85,106)(H,86,114)(H,93,112)(H,94,113)(H,97,107)(H,98,116)(H,99,115)(H,108,109)(H,110,111)(H,117,118)(H,119,120)(H2,87,88,91)(H2,89,90,92)/t58?,59-,60+,61+,62-/m1/s1. The number of aryl methyl sites for hydroxylation is 4. The van der Waals surface area contributed by atoms with E-state index in [1.54, 1.807) is 70.8 Å². The second kappa shape index (κ2) is 49.3. The maximum absolute atomic E-state index is 14.1. The molecule has 8 aromatic rings. The van der Waals surface area contributed by atoms with E-state index >= 15 is 0 Å². The number of carbonyl (C=O) groups excluding carboxylic acids is 9. The fraction of sp³-hybridized carbons (Fsp3) is 0.444. The van der Waals surface area contributed by atoms with E-state index in [2.05, 4.69) is 98.1 Å². The molecule has 0 fully saturated rings. The highest BCUT2D eigenvalue weighted by atomic mass is 32.2. The molecular weight excluding hydrogens is 1710 g/mol. The molecule has 128 heavy (non-hydrogen) atoms. The first-order valence-corrected chi connectivity index (χ1v) is 44.1. The van der Waals surface area contributed by atoms with Crippen LogP contribution in [-0.4, -0.2) is 256 Å². The number of aromatic nitrogens is 8. The Bertz CT molecular complexity index is 5410. The van der Waals surface area contributed by atoms with Gasteiger partial charge >= 0.3 is 23.9 Å². The van der Waals surface area contributed by atoms with E-state index in [9.17, 15) is 99.6 Å². The fourth-order valence-electron chi connectivity index (χ4n) is 13.4. The van der Waals surface area contributed by atoms with Gasteiger partial charge < -0.3 is 104 Å². The minimum absolute atomic E-state index is 0.0162. The van der Waals surface area contributed by atoms with Crippen LogP contribution in [0.4, 0.5) is 11.9 Å². The molecule has 0 spiro atoms. The minimum Gasteiger partial charge on any atom is -0.494 e. The quantitative estimate of drug-likeness (QED) is 0.0232. The molecule has 47 heteroatoms. The first-order chi connectivity index (χ1) is 61.1. The van der Waals surface area contributed by atoms with E-state index < -0.39 is 179 Å². The first-order valence-electron chi connectivity index (χ1n) is 41.1. The Hall–Kier alpha value is -13.7. The van der Waals surface area contributed by atoms with Crippen LogP contribution >= 0.6 is 0 Å². The maximum Gasteiger partial charge on any atom is 0.323 e. The molecule has 0 bridgehead atoms. The number of H-pyrrole nitrogens is 2. The zero-order valence-electron chi connectivity index (χ0n) is 70.8. The van der Waals surface area contributed by atoms with Crippen LogP contribution < -0.4 is 83.1 Å². The topological polar surface area (TPSA) is 665 Å². The number of hydrogen-bond acceptors (Lipinski definition) is 26. The number of rotatable bonds is 58. The van der Waals surface area contributed by atoms with Crippen LogP contribution in [0.1, 0.15) is 133 Å². The van der Waals surface area contributed by atoms with E-state index in [0.29, 0.717) is 74.7 Å². The number of sulfonamides is 2. The molecule has 0 aliphatic rings. The number of benzene rings is 4. The number of unbranched alkanes of at least 4 members (excludes halogenated alkanes) is 2. The third-order valence-electron chi connectivity index (χ3n) is 19.7. The second-order valence-electron chi connectivity index (χ2n) is 29.7. The summed E-state index contributed by atoms with van der Waals surface area (Å²) >= 11 is 0. The average Bonchev–Trinajstić information content (AvgIpc) is 1.42. The monoisotopic (exact) mass is 1820 g/mol. The van der Waals surface area contributed by atoms with Crippen LogP contribution in [-0.2, 0) is 85.9 Å². The van der Waals surface area contributed by atoms with E-state index in [1.165, 1.54) is 64.1 Å². The first kappa shape index (κ1) is 99.8. The molecular formula is C81H108N22O23S2. The number of nitrogens with zero attached hydrogens (tertiary/aromatic N) is 6. The summed E-state index contributed by atoms with van der Waals surface area (Å²) in [5.41, 5.74) is 8.12. The average molecular weight is 1820 g/mol. The number of fused-ring (bicyclic) bond motifs is 2. The number of carboxylic acids is 4. The molecule has 0 aliphatic heterocycles. The van der Waals surface area contributed by atoms with Crippen LogP contribution in [0.2, 0.25) is 0 Å². The smallest absolute Gasteiger partial charge is 0.323 e. The lowest BCUT2D eigenvalue weighted by Gasteiger charge is -2.25. The van der Waals surface area contributed by atoms with Crippen molar-refractivity contribution in [3.63, 3.8) is 0 Å². The predicted molar refractivity (Wildman–Crippen MR) is 461 cm³/mol. The summed E-state index contributed by atoms with van der Waals surface area (Å²) in [6.07, 6.45) is 8.19. The van der Waals surface area contributed by atoms with E-state index in [-0.39, 0.29) is 126 Å². The Labute approximate surface area is 735 Å². The maximum atomic E-state index is 14.1. The van der Waals surface area contributed by atoms with Crippen molar-refractivity contribution >= 4 is 131 Å². The summed E-state index contributed by atoms with van der Waals surface area (Å²) in [7, 11) is -9.06. The molecule has 0 aliphatic carbocycles. The van der Waals surface area contributed by atoms with Crippen molar-refractivity contribution in [1.82, 2.24) is 96.8 Å². The number of anilines is 2. The molecule has 0 radical (unpaired) electrons. The van der Waals surface area contributed by atoms with Crippen molar-refractivity contribution in [2.45, 2.75) is 171 Å². The number of aliphatic carboxylic acids is 4. The number of nitrogens with one attached hydrogen (secondary N) is 15. The number of ether oxygens (including phenoxy) is 2. The van der Waals surface area contributed by atoms with Gasteiger partial charge in [-0.25, -0.2) is 26.8 Å². The number of hydrogen-bond donors (Lipinski definition) is 20. The predicted octanol–water partition coefficient (Wildman–Crippen LogP) is 0.579. The van der Waals surface area contributed by atoms with Crippen LogP contribution in [0.25, 0.3) is 21.8 Å². The summed E-state index contributed by atoms with van der Waals surface area (Å²) in [6, 6.07) is 6.87. The number of carbonyl (C=O) groups is 13.